The Labute approximate surface area is 251 Å². The fourth-order valence-electron chi connectivity index (χ4n) is 5.53. The number of hydrogen-bond donors (Lipinski definition) is 1. The summed E-state index contributed by atoms with van der Waals surface area (Å²) in [7, 11) is -3.33. The Morgan fingerprint density at radius 3 is 2.48 bits per heavy atom. The van der Waals surface area contributed by atoms with Gasteiger partial charge in [0.25, 0.3) is 5.56 Å². The summed E-state index contributed by atoms with van der Waals surface area (Å²) in [6, 6.07) is 16.2. The first-order chi connectivity index (χ1) is 20.1. The molecular formula is C29H23Cl2N7O3S. The van der Waals surface area contributed by atoms with E-state index >= 15 is 0 Å². The molecule has 5 aromatic rings. The summed E-state index contributed by atoms with van der Waals surface area (Å²) in [6.45, 7) is 0.821. The lowest BCUT2D eigenvalue weighted by atomic mass is 9.88. The molecule has 1 aliphatic heterocycles. The van der Waals surface area contributed by atoms with Crippen LogP contribution in [0.2, 0.25) is 10.0 Å². The van der Waals surface area contributed by atoms with Crippen molar-refractivity contribution in [2.45, 2.75) is 24.8 Å². The minimum atomic E-state index is -3.33. The van der Waals surface area contributed by atoms with Crippen LogP contribution in [-0.2, 0) is 22.0 Å². The van der Waals surface area contributed by atoms with E-state index in [0.29, 0.717) is 35.7 Å². The van der Waals surface area contributed by atoms with Crippen molar-refractivity contribution < 1.29 is 8.42 Å². The smallest absolute Gasteiger partial charge is 0.282 e. The fraction of sp³-hybridized carbons (Fsp3) is 0.207. The summed E-state index contributed by atoms with van der Waals surface area (Å²) < 4.78 is 27.4. The van der Waals surface area contributed by atoms with E-state index in [2.05, 4.69) is 31.4 Å². The number of pyridine rings is 1. The van der Waals surface area contributed by atoms with Gasteiger partial charge in [-0.1, -0.05) is 41.4 Å². The number of aromatic nitrogens is 5. The Balaban J connectivity index is 1.33. The second-order valence-electron chi connectivity index (χ2n) is 10.6. The van der Waals surface area contributed by atoms with Crippen molar-refractivity contribution in [3.8, 4) is 17.1 Å². The van der Waals surface area contributed by atoms with Crippen LogP contribution < -0.4 is 10.9 Å². The molecule has 13 heteroatoms. The Bertz CT molecular complexity index is 2050. The van der Waals surface area contributed by atoms with Gasteiger partial charge >= 0.3 is 0 Å². The van der Waals surface area contributed by atoms with Crippen LogP contribution in [0.15, 0.2) is 71.8 Å². The number of rotatable bonds is 5. The third-order valence-corrected chi connectivity index (χ3v) is 9.58. The summed E-state index contributed by atoms with van der Waals surface area (Å²) in [5, 5.41) is 8.56. The van der Waals surface area contributed by atoms with E-state index in [0.717, 1.165) is 23.1 Å². The first-order valence-electron chi connectivity index (χ1n) is 13.1. The quantitative estimate of drug-likeness (QED) is 0.288. The van der Waals surface area contributed by atoms with E-state index < -0.39 is 15.6 Å². The van der Waals surface area contributed by atoms with Crippen molar-refractivity contribution in [1.82, 2.24) is 29.0 Å². The number of benzene rings is 2. The minimum absolute atomic E-state index is 0.109. The van der Waals surface area contributed by atoms with E-state index in [4.69, 9.17) is 23.2 Å². The average molecular weight is 621 g/mol. The number of halogens is 2. The van der Waals surface area contributed by atoms with Crippen molar-refractivity contribution in [3.05, 3.63) is 98.5 Å². The van der Waals surface area contributed by atoms with Gasteiger partial charge in [0.2, 0.25) is 16.0 Å². The molecule has 2 aromatic carbocycles. The Hall–Kier alpha value is -3.90. The van der Waals surface area contributed by atoms with Gasteiger partial charge in [-0.3, -0.25) is 9.78 Å². The van der Waals surface area contributed by atoms with Crippen molar-refractivity contribution >= 4 is 55.8 Å². The van der Waals surface area contributed by atoms with E-state index in [1.807, 2.05) is 18.2 Å². The molecule has 0 amide bonds. The predicted octanol–water partition coefficient (Wildman–Crippen LogP) is 5.09. The van der Waals surface area contributed by atoms with Gasteiger partial charge in [-0.25, -0.2) is 18.4 Å². The molecule has 1 N–H and O–H groups in total. The number of fused-ring (bicyclic) bond motifs is 3. The van der Waals surface area contributed by atoms with Gasteiger partial charge in [-0.15, -0.1) is 0 Å². The molecule has 0 atom stereocenters. The lowest BCUT2D eigenvalue weighted by Crippen LogP contribution is -2.41. The van der Waals surface area contributed by atoms with Gasteiger partial charge in [0.05, 0.1) is 27.4 Å². The fourth-order valence-corrected chi connectivity index (χ4v) is 6.95. The molecule has 1 aliphatic carbocycles. The maximum absolute atomic E-state index is 13.6. The first kappa shape index (κ1) is 27.0. The van der Waals surface area contributed by atoms with Crippen molar-refractivity contribution in [2.24, 2.45) is 0 Å². The van der Waals surface area contributed by atoms with E-state index in [-0.39, 0.29) is 32.5 Å². The molecule has 10 nitrogen and oxygen atoms in total. The van der Waals surface area contributed by atoms with Crippen LogP contribution in [0.25, 0.3) is 28.0 Å². The number of para-hydroxylation sites is 1. The molecule has 0 radical (unpaired) electrons. The zero-order chi connectivity index (χ0) is 29.2. The Morgan fingerprint density at radius 1 is 1.00 bits per heavy atom. The van der Waals surface area contributed by atoms with Crippen LogP contribution in [0.4, 0.5) is 11.6 Å². The van der Waals surface area contributed by atoms with Gasteiger partial charge in [0.15, 0.2) is 0 Å². The molecule has 4 heterocycles. The summed E-state index contributed by atoms with van der Waals surface area (Å²) in [5.74, 6) is 0.242. The molecule has 0 bridgehead atoms. The number of hydrogen-bond acceptors (Lipinski definition) is 8. The Morgan fingerprint density at radius 2 is 1.79 bits per heavy atom. The number of nitrogens with one attached hydrogen (secondary N) is 1. The monoisotopic (exact) mass is 619 g/mol. The SMILES string of the molecule is CS(=O)(=O)N1Cc2cc(Nc3ncc4c(=O)n(-c5c(Cl)cccc5Cl)nc(-c5ccccn5)c4n3)ccc2C2(CC2)C1. The van der Waals surface area contributed by atoms with Crippen molar-refractivity contribution in [3.63, 3.8) is 0 Å². The average Bonchev–Trinajstić information content (AvgIpc) is 3.73. The summed E-state index contributed by atoms with van der Waals surface area (Å²) in [5.41, 5.74) is 3.62. The predicted molar refractivity (Wildman–Crippen MR) is 162 cm³/mol. The van der Waals surface area contributed by atoms with Crippen molar-refractivity contribution in [1.29, 1.82) is 0 Å². The highest BCUT2D eigenvalue weighted by Gasteiger charge is 2.50. The third-order valence-electron chi connectivity index (χ3n) is 7.77. The van der Waals surface area contributed by atoms with Gasteiger partial charge < -0.3 is 5.32 Å². The minimum Gasteiger partial charge on any atom is -0.324 e. The summed E-state index contributed by atoms with van der Waals surface area (Å²) in [4.78, 5) is 27.2. The van der Waals surface area contributed by atoms with Gasteiger partial charge in [-0.05, 0) is 60.4 Å². The van der Waals surface area contributed by atoms with Gasteiger partial charge in [-0.2, -0.15) is 14.1 Å². The number of anilines is 2. The molecule has 0 saturated heterocycles. The van der Waals surface area contributed by atoms with E-state index in [1.54, 1.807) is 40.8 Å². The Kier molecular flexibility index (Phi) is 6.32. The zero-order valence-corrected chi connectivity index (χ0v) is 24.6. The van der Waals surface area contributed by atoms with Gasteiger partial charge in [0.1, 0.15) is 16.9 Å². The highest BCUT2D eigenvalue weighted by atomic mass is 35.5. The van der Waals surface area contributed by atoms with Crippen LogP contribution in [0, 0.1) is 0 Å². The summed E-state index contributed by atoms with van der Waals surface area (Å²) >= 11 is 12.9. The molecule has 1 fully saturated rings. The topological polar surface area (TPSA) is 123 Å². The summed E-state index contributed by atoms with van der Waals surface area (Å²) in [6.07, 6.45) is 6.24. The normalized spacial score (nSPS) is 16.0. The molecule has 3 aromatic heterocycles. The lowest BCUT2D eigenvalue weighted by molar-refractivity contribution is 0.347. The largest absolute Gasteiger partial charge is 0.324 e. The molecule has 1 spiro atoms. The standard InChI is InChI=1S/C29H23Cl2N7O3S/c1-42(40,41)37-15-17-13-18(8-9-20(17)29(16-37)10-11-29)34-28-33-14-19-24(35-28)25(23-7-2-3-12-32-23)36-38(27(19)39)26-21(30)5-4-6-22(26)31/h2-9,12-14H,10-11,15-16H2,1H3,(H,33,34,35). The molecule has 1 saturated carbocycles. The van der Waals surface area contributed by atoms with Crippen molar-refractivity contribution in [2.75, 3.05) is 18.1 Å². The van der Waals surface area contributed by atoms with Crippen LogP contribution in [0.1, 0.15) is 24.0 Å². The van der Waals surface area contributed by atoms with Crippen LogP contribution in [0.3, 0.4) is 0 Å². The van der Waals surface area contributed by atoms with E-state index in [1.165, 1.54) is 18.0 Å². The van der Waals surface area contributed by atoms with Crippen LogP contribution >= 0.6 is 23.2 Å². The molecule has 42 heavy (non-hydrogen) atoms. The van der Waals surface area contributed by atoms with Gasteiger partial charge in [0, 0.05) is 36.6 Å². The molecule has 7 rings (SSSR count). The highest BCUT2D eigenvalue weighted by Crippen LogP contribution is 2.53. The second kappa shape index (κ2) is 9.84. The second-order valence-corrected chi connectivity index (χ2v) is 13.4. The molecule has 2 aliphatic rings. The first-order valence-corrected chi connectivity index (χ1v) is 15.7. The molecule has 0 unspecified atom stereocenters. The molecular weight excluding hydrogens is 597 g/mol. The third kappa shape index (κ3) is 4.62. The lowest BCUT2D eigenvalue weighted by Gasteiger charge is -2.33. The van der Waals surface area contributed by atoms with E-state index in [9.17, 15) is 13.2 Å². The zero-order valence-electron chi connectivity index (χ0n) is 22.3. The maximum atomic E-state index is 13.6. The number of nitrogens with zero attached hydrogens (tertiary/aromatic N) is 6. The molecule has 212 valence electrons. The maximum Gasteiger partial charge on any atom is 0.282 e. The highest BCUT2D eigenvalue weighted by molar-refractivity contribution is 7.88. The van der Waals surface area contributed by atoms with Crippen LogP contribution in [-0.4, -0.2) is 50.3 Å². The van der Waals surface area contributed by atoms with Crippen LogP contribution in [0.5, 0.6) is 0 Å². The number of sulfonamides is 1.